The van der Waals surface area contributed by atoms with Gasteiger partial charge in [-0.1, -0.05) is 65.8 Å². The maximum Gasteiger partial charge on any atom is 0.230 e. The summed E-state index contributed by atoms with van der Waals surface area (Å²) in [6, 6.07) is 23.2. The monoisotopic (exact) mass is 503 g/mol. The third-order valence-corrected chi connectivity index (χ3v) is 6.84. The van der Waals surface area contributed by atoms with Crippen LogP contribution < -0.4 is 10.1 Å². The molecule has 176 valence electrons. The second-order valence-corrected chi connectivity index (χ2v) is 9.10. The van der Waals surface area contributed by atoms with Gasteiger partial charge in [-0.2, -0.15) is 0 Å². The molecule has 0 spiro atoms. The first-order valence-electron chi connectivity index (χ1n) is 10.9. The summed E-state index contributed by atoms with van der Waals surface area (Å²) < 4.78 is 7.38. The molecule has 7 nitrogen and oxygen atoms in total. The Morgan fingerprint density at radius 2 is 1.91 bits per heavy atom. The molecular formula is C26H22ClN5O2S. The number of halogens is 1. The SMILES string of the molecule is COc1cccc(-n2c(SCC(=O)NCc3ccccc3Cl)nnc2-c2c[nH]c3ccccc23)c1. The molecule has 0 aliphatic carbocycles. The number of aromatic amines is 1. The number of aromatic nitrogens is 4. The Kier molecular flexibility index (Phi) is 6.74. The van der Waals surface area contributed by atoms with Crippen LogP contribution in [0.15, 0.2) is 84.1 Å². The molecule has 9 heteroatoms. The fraction of sp³-hybridized carbons (Fsp3) is 0.115. The number of rotatable bonds is 8. The van der Waals surface area contributed by atoms with Crippen molar-refractivity contribution in [1.82, 2.24) is 25.1 Å². The third kappa shape index (κ3) is 4.89. The summed E-state index contributed by atoms with van der Waals surface area (Å²) in [4.78, 5) is 15.9. The van der Waals surface area contributed by atoms with Gasteiger partial charge in [-0.05, 0) is 29.8 Å². The number of hydrogen-bond donors (Lipinski definition) is 2. The molecule has 3 aromatic carbocycles. The molecule has 2 aromatic heterocycles. The van der Waals surface area contributed by atoms with E-state index in [9.17, 15) is 4.79 Å². The van der Waals surface area contributed by atoms with E-state index in [0.717, 1.165) is 33.5 Å². The van der Waals surface area contributed by atoms with Gasteiger partial charge in [0.15, 0.2) is 11.0 Å². The molecule has 5 rings (SSSR count). The normalized spacial score (nSPS) is 11.0. The Morgan fingerprint density at radius 1 is 1.09 bits per heavy atom. The van der Waals surface area contributed by atoms with Crippen LogP contribution in [0.25, 0.3) is 28.0 Å². The topological polar surface area (TPSA) is 84.8 Å². The predicted molar refractivity (Wildman–Crippen MR) is 139 cm³/mol. The van der Waals surface area contributed by atoms with E-state index in [0.29, 0.717) is 22.5 Å². The van der Waals surface area contributed by atoms with Crippen molar-refractivity contribution < 1.29 is 9.53 Å². The lowest BCUT2D eigenvalue weighted by molar-refractivity contribution is -0.118. The summed E-state index contributed by atoms with van der Waals surface area (Å²) >= 11 is 7.52. The number of nitrogens with one attached hydrogen (secondary N) is 2. The fourth-order valence-corrected chi connectivity index (χ4v) is 4.78. The zero-order chi connectivity index (χ0) is 24.2. The summed E-state index contributed by atoms with van der Waals surface area (Å²) in [6.45, 7) is 0.363. The second kappa shape index (κ2) is 10.2. The van der Waals surface area contributed by atoms with Crippen LogP contribution in [0, 0.1) is 0 Å². The standard InChI is InChI=1S/C26H22ClN5O2S/c1-34-19-9-6-8-18(13-19)32-25(21-15-28-23-12-5-3-10-20(21)23)30-31-26(32)35-16-24(33)29-14-17-7-2-4-11-22(17)27/h2-13,15,28H,14,16H2,1H3,(H,29,33). The summed E-state index contributed by atoms with van der Waals surface area (Å²) in [6.07, 6.45) is 1.93. The predicted octanol–water partition coefficient (Wildman–Crippen LogP) is 5.49. The van der Waals surface area contributed by atoms with E-state index in [1.54, 1.807) is 13.2 Å². The van der Waals surface area contributed by atoms with Crippen molar-refractivity contribution in [2.45, 2.75) is 11.7 Å². The van der Waals surface area contributed by atoms with E-state index < -0.39 is 0 Å². The summed E-state index contributed by atoms with van der Waals surface area (Å²) in [5.41, 5.74) is 3.64. The van der Waals surface area contributed by atoms with E-state index in [1.165, 1.54) is 11.8 Å². The highest BCUT2D eigenvalue weighted by molar-refractivity contribution is 7.99. The van der Waals surface area contributed by atoms with Gasteiger partial charge in [0.25, 0.3) is 0 Å². The molecule has 5 aromatic rings. The summed E-state index contributed by atoms with van der Waals surface area (Å²) in [5.74, 6) is 1.45. The van der Waals surface area contributed by atoms with Crippen molar-refractivity contribution in [3.05, 3.63) is 89.6 Å². The molecule has 0 radical (unpaired) electrons. The minimum atomic E-state index is -0.122. The van der Waals surface area contributed by atoms with Crippen molar-refractivity contribution in [2.24, 2.45) is 0 Å². The van der Waals surface area contributed by atoms with Gasteiger partial charge >= 0.3 is 0 Å². The van der Waals surface area contributed by atoms with Gasteiger partial charge in [-0.15, -0.1) is 10.2 Å². The lowest BCUT2D eigenvalue weighted by atomic mass is 10.1. The van der Waals surface area contributed by atoms with E-state index >= 15 is 0 Å². The van der Waals surface area contributed by atoms with E-state index in [2.05, 4.69) is 20.5 Å². The number of nitrogens with zero attached hydrogens (tertiary/aromatic N) is 3. The minimum absolute atomic E-state index is 0.122. The number of ether oxygens (including phenoxy) is 1. The molecule has 0 atom stereocenters. The van der Waals surface area contributed by atoms with Gasteiger partial charge in [0.05, 0.1) is 18.6 Å². The van der Waals surface area contributed by atoms with Gasteiger partial charge in [0.2, 0.25) is 5.91 Å². The molecule has 0 saturated heterocycles. The molecule has 0 bridgehead atoms. The molecule has 0 saturated carbocycles. The minimum Gasteiger partial charge on any atom is -0.497 e. The smallest absolute Gasteiger partial charge is 0.230 e. The molecule has 0 unspecified atom stereocenters. The molecule has 0 aliphatic rings. The Labute approximate surface area is 211 Å². The third-order valence-electron chi connectivity index (χ3n) is 5.54. The van der Waals surface area contributed by atoms with Crippen molar-refractivity contribution >= 4 is 40.2 Å². The Hall–Kier alpha value is -3.75. The number of H-pyrrole nitrogens is 1. The maximum absolute atomic E-state index is 12.6. The number of carbonyl (C=O) groups is 1. The average molecular weight is 504 g/mol. The average Bonchev–Trinajstić information content (AvgIpc) is 3.51. The zero-order valence-corrected chi connectivity index (χ0v) is 20.4. The number of hydrogen-bond acceptors (Lipinski definition) is 5. The van der Waals surface area contributed by atoms with Crippen LogP contribution in [0.1, 0.15) is 5.56 Å². The first-order chi connectivity index (χ1) is 17.1. The summed E-state index contributed by atoms with van der Waals surface area (Å²) in [5, 5.41) is 14.1. The van der Waals surface area contributed by atoms with Gasteiger partial charge in [0, 0.05) is 40.3 Å². The Balaban J connectivity index is 1.43. The number of methoxy groups -OCH3 is 1. The lowest BCUT2D eigenvalue weighted by Gasteiger charge is -2.11. The molecular weight excluding hydrogens is 482 g/mol. The van der Waals surface area contributed by atoms with E-state index in [1.807, 2.05) is 77.5 Å². The van der Waals surface area contributed by atoms with Crippen molar-refractivity contribution in [1.29, 1.82) is 0 Å². The fourth-order valence-electron chi connectivity index (χ4n) is 3.79. The number of fused-ring (bicyclic) bond motifs is 1. The lowest BCUT2D eigenvalue weighted by Crippen LogP contribution is -2.24. The summed E-state index contributed by atoms with van der Waals surface area (Å²) in [7, 11) is 1.63. The number of carbonyl (C=O) groups excluding carboxylic acids is 1. The van der Waals surface area contributed by atoms with Gasteiger partial charge < -0.3 is 15.0 Å². The van der Waals surface area contributed by atoms with Gasteiger partial charge in [-0.25, -0.2) is 0 Å². The first-order valence-corrected chi connectivity index (χ1v) is 12.3. The Morgan fingerprint density at radius 3 is 2.77 bits per heavy atom. The molecule has 2 heterocycles. The van der Waals surface area contributed by atoms with Crippen LogP contribution in [0.4, 0.5) is 0 Å². The van der Waals surface area contributed by atoms with Crippen LogP contribution in [-0.4, -0.2) is 38.5 Å². The van der Waals surface area contributed by atoms with E-state index in [-0.39, 0.29) is 11.7 Å². The molecule has 35 heavy (non-hydrogen) atoms. The highest BCUT2D eigenvalue weighted by Gasteiger charge is 2.20. The van der Waals surface area contributed by atoms with Crippen molar-refractivity contribution in [3.8, 4) is 22.8 Å². The van der Waals surface area contributed by atoms with Crippen LogP contribution in [0.5, 0.6) is 5.75 Å². The second-order valence-electron chi connectivity index (χ2n) is 7.75. The molecule has 2 N–H and O–H groups in total. The number of amides is 1. The van der Waals surface area contributed by atoms with E-state index in [4.69, 9.17) is 16.3 Å². The Bertz CT molecular complexity index is 1500. The van der Waals surface area contributed by atoms with Crippen LogP contribution in [-0.2, 0) is 11.3 Å². The van der Waals surface area contributed by atoms with Crippen LogP contribution in [0.3, 0.4) is 0 Å². The van der Waals surface area contributed by atoms with Crippen molar-refractivity contribution in [3.63, 3.8) is 0 Å². The van der Waals surface area contributed by atoms with Gasteiger partial charge in [-0.3, -0.25) is 9.36 Å². The quantitative estimate of drug-likeness (QED) is 0.274. The zero-order valence-electron chi connectivity index (χ0n) is 18.9. The number of thioether (sulfide) groups is 1. The van der Waals surface area contributed by atoms with Crippen LogP contribution >= 0.6 is 23.4 Å². The van der Waals surface area contributed by atoms with Crippen molar-refractivity contribution in [2.75, 3.05) is 12.9 Å². The number of para-hydroxylation sites is 1. The first kappa shape index (κ1) is 23.0. The highest BCUT2D eigenvalue weighted by Crippen LogP contribution is 2.33. The molecule has 0 aliphatic heterocycles. The highest BCUT2D eigenvalue weighted by atomic mass is 35.5. The molecule has 1 amide bonds. The molecule has 0 fully saturated rings. The maximum atomic E-state index is 12.6. The van der Waals surface area contributed by atoms with Gasteiger partial charge in [0.1, 0.15) is 5.75 Å². The van der Waals surface area contributed by atoms with Crippen LogP contribution in [0.2, 0.25) is 5.02 Å². The number of benzene rings is 3. The largest absolute Gasteiger partial charge is 0.497 e.